The molecule has 7 heteroatoms. The van der Waals surface area contributed by atoms with Gasteiger partial charge in [-0.3, -0.25) is 9.69 Å². The molecule has 3 aliphatic rings. The Morgan fingerprint density at radius 1 is 1.00 bits per heavy atom. The van der Waals surface area contributed by atoms with Crippen molar-refractivity contribution >= 4 is 5.91 Å². The Hall–Kier alpha value is -0.730. The fraction of sp³-hybridized carbons (Fsp3) is 0.941. The molecule has 1 amide bonds. The Labute approximate surface area is 145 Å². The first-order valence-electron chi connectivity index (χ1n) is 9.44. The van der Waals surface area contributed by atoms with Gasteiger partial charge in [-0.1, -0.05) is 0 Å². The highest BCUT2D eigenvalue weighted by molar-refractivity contribution is 5.81. The number of morpholine rings is 1. The van der Waals surface area contributed by atoms with Crippen LogP contribution in [0.3, 0.4) is 0 Å². The number of nitrogens with one attached hydrogen (secondary N) is 1. The van der Waals surface area contributed by atoms with Crippen molar-refractivity contribution in [2.45, 2.75) is 31.8 Å². The van der Waals surface area contributed by atoms with Crippen molar-refractivity contribution in [1.29, 1.82) is 0 Å². The lowest BCUT2D eigenvalue weighted by atomic mass is 10.0. The van der Waals surface area contributed by atoms with Gasteiger partial charge in [-0.2, -0.15) is 0 Å². The number of hydrogen-bond donors (Lipinski definition) is 1. The number of nitrogens with zero attached hydrogens (tertiary/aromatic N) is 4. The maximum absolute atomic E-state index is 12.7. The molecular formula is C17H33N5O2. The second-order valence-electron chi connectivity index (χ2n) is 7.35. The van der Waals surface area contributed by atoms with Gasteiger partial charge in [0, 0.05) is 45.3 Å². The lowest BCUT2D eigenvalue weighted by molar-refractivity contribution is -0.137. The van der Waals surface area contributed by atoms with E-state index in [0.29, 0.717) is 6.04 Å². The summed E-state index contributed by atoms with van der Waals surface area (Å²) in [5, 5.41) is 2.11. The van der Waals surface area contributed by atoms with Crippen molar-refractivity contribution in [2.75, 3.05) is 72.6 Å². The van der Waals surface area contributed by atoms with Gasteiger partial charge in [0.1, 0.15) is 0 Å². The topological polar surface area (TPSA) is 51.3 Å². The quantitative estimate of drug-likeness (QED) is 0.742. The van der Waals surface area contributed by atoms with Crippen LogP contribution < -0.4 is 5.43 Å². The van der Waals surface area contributed by atoms with Crippen molar-refractivity contribution in [2.24, 2.45) is 0 Å². The van der Waals surface area contributed by atoms with Crippen LogP contribution in [0.4, 0.5) is 0 Å². The fourth-order valence-corrected chi connectivity index (χ4v) is 3.96. The second kappa shape index (κ2) is 8.58. The summed E-state index contributed by atoms with van der Waals surface area (Å²) in [5.41, 5.74) is 3.34. The molecule has 0 aliphatic carbocycles. The number of piperazine rings is 1. The lowest BCUT2D eigenvalue weighted by Gasteiger charge is -2.43. The number of amides is 1. The fourth-order valence-electron chi connectivity index (χ4n) is 3.96. The van der Waals surface area contributed by atoms with E-state index in [1.54, 1.807) is 0 Å². The minimum atomic E-state index is -0.155. The molecule has 0 aromatic rings. The molecule has 3 heterocycles. The Kier molecular flexibility index (Phi) is 6.46. The van der Waals surface area contributed by atoms with Crippen LogP contribution in [-0.2, 0) is 9.53 Å². The lowest BCUT2D eigenvalue weighted by Crippen LogP contribution is -2.59. The van der Waals surface area contributed by atoms with Gasteiger partial charge in [0.2, 0.25) is 5.91 Å². The van der Waals surface area contributed by atoms with Crippen molar-refractivity contribution < 1.29 is 9.53 Å². The normalized spacial score (nSPS) is 27.3. The summed E-state index contributed by atoms with van der Waals surface area (Å²) < 4.78 is 5.35. The Balaban J connectivity index is 1.41. The van der Waals surface area contributed by atoms with Gasteiger partial charge >= 0.3 is 0 Å². The summed E-state index contributed by atoms with van der Waals surface area (Å²) in [6.45, 7) is 11.3. The zero-order chi connectivity index (χ0) is 16.9. The van der Waals surface area contributed by atoms with E-state index >= 15 is 0 Å². The predicted molar refractivity (Wildman–Crippen MR) is 93.7 cm³/mol. The number of hydrazine groups is 1. The number of rotatable bonds is 4. The average Bonchev–Trinajstić information content (AvgIpc) is 2.63. The standard InChI is InChI=1S/C17H33N5O2/c1-15(18-22-11-13-24-14-12-22)17(23)21-9-7-20(8-10-21)16-3-5-19(2)6-4-16/h15-16,18H,3-14H2,1-2H3/t15-/m1/s1. The molecule has 1 N–H and O–H groups in total. The minimum Gasteiger partial charge on any atom is -0.379 e. The highest BCUT2D eigenvalue weighted by atomic mass is 16.5. The average molecular weight is 339 g/mol. The summed E-state index contributed by atoms with van der Waals surface area (Å²) in [7, 11) is 2.20. The van der Waals surface area contributed by atoms with Crippen molar-refractivity contribution in [3.05, 3.63) is 0 Å². The third-order valence-corrected chi connectivity index (χ3v) is 5.59. The molecule has 0 aromatic carbocycles. The van der Waals surface area contributed by atoms with Crippen molar-refractivity contribution in [1.82, 2.24) is 25.1 Å². The van der Waals surface area contributed by atoms with Gasteiger partial charge in [-0.15, -0.1) is 0 Å². The van der Waals surface area contributed by atoms with E-state index in [4.69, 9.17) is 4.74 Å². The van der Waals surface area contributed by atoms with Crippen LogP contribution in [0.5, 0.6) is 0 Å². The molecule has 0 saturated carbocycles. The zero-order valence-corrected chi connectivity index (χ0v) is 15.2. The molecular weight excluding hydrogens is 306 g/mol. The molecule has 0 spiro atoms. The Bertz CT molecular complexity index is 400. The first kappa shape index (κ1) is 18.1. The molecule has 0 aromatic heterocycles. The van der Waals surface area contributed by atoms with Crippen LogP contribution in [0.15, 0.2) is 0 Å². The SMILES string of the molecule is C[C@@H](NN1CCOCC1)C(=O)N1CCN(C2CCN(C)CC2)CC1. The number of carbonyl (C=O) groups is 1. The van der Waals surface area contributed by atoms with Gasteiger partial charge in [0.25, 0.3) is 0 Å². The van der Waals surface area contributed by atoms with E-state index in [2.05, 4.69) is 27.3 Å². The van der Waals surface area contributed by atoms with E-state index in [9.17, 15) is 4.79 Å². The minimum absolute atomic E-state index is 0.155. The monoisotopic (exact) mass is 339 g/mol. The van der Waals surface area contributed by atoms with E-state index in [1.165, 1.54) is 25.9 Å². The highest BCUT2D eigenvalue weighted by Gasteiger charge is 2.30. The third-order valence-electron chi connectivity index (χ3n) is 5.59. The van der Waals surface area contributed by atoms with Gasteiger partial charge < -0.3 is 14.5 Å². The number of likely N-dealkylation sites (tertiary alicyclic amines) is 1. The number of ether oxygens (including phenoxy) is 1. The molecule has 0 bridgehead atoms. The van der Waals surface area contributed by atoms with E-state index in [1.807, 2.05) is 11.8 Å². The van der Waals surface area contributed by atoms with Gasteiger partial charge in [0.05, 0.1) is 19.3 Å². The van der Waals surface area contributed by atoms with Crippen LogP contribution in [0.2, 0.25) is 0 Å². The van der Waals surface area contributed by atoms with E-state index in [-0.39, 0.29) is 11.9 Å². The second-order valence-corrected chi connectivity index (χ2v) is 7.35. The molecule has 3 aliphatic heterocycles. The van der Waals surface area contributed by atoms with Crippen LogP contribution >= 0.6 is 0 Å². The number of hydrogen-bond acceptors (Lipinski definition) is 6. The zero-order valence-electron chi connectivity index (χ0n) is 15.2. The molecule has 3 rings (SSSR count). The van der Waals surface area contributed by atoms with Crippen LogP contribution in [-0.4, -0.2) is 110 Å². The molecule has 24 heavy (non-hydrogen) atoms. The van der Waals surface area contributed by atoms with Crippen LogP contribution in [0.25, 0.3) is 0 Å². The van der Waals surface area contributed by atoms with E-state index < -0.39 is 0 Å². The first-order chi connectivity index (χ1) is 11.6. The van der Waals surface area contributed by atoms with E-state index in [0.717, 1.165) is 52.5 Å². The maximum atomic E-state index is 12.7. The Morgan fingerprint density at radius 2 is 1.62 bits per heavy atom. The summed E-state index contributed by atoms with van der Waals surface area (Å²) in [6, 6.07) is 0.556. The third kappa shape index (κ3) is 4.67. The predicted octanol–water partition coefficient (Wildman–Crippen LogP) is -0.550. The van der Waals surface area contributed by atoms with Gasteiger partial charge in [-0.25, -0.2) is 10.4 Å². The van der Waals surface area contributed by atoms with Gasteiger partial charge in [-0.05, 0) is 39.9 Å². The molecule has 0 unspecified atom stereocenters. The molecule has 7 nitrogen and oxygen atoms in total. The Morgan fingerprint density at radius 3 is 2.25 bits per heavy atom. The maximum Gasteiger partial charge on any atom is 0.240 e. The summed E-state index contributed by atoms with van der Waals surface area (Å²) >= 11 is 0. The largest absolute Gasteiger partial charge is 0.379 e. The van der Waals surface area contributed by atoms with Crippen molar-refractivity contribution in [3.63, 3.8) is 0 Å². The summed E-state index contributed by atoms with van der Waals surface area (Å²) in [6.07, 6.45) is 2.53. The number of piperidine rings is 1. The first-order valence-corrected chi connectivity index (χ1v) is 9.44. The highest BCUT2D eigenvalue weighted by Crippen LogP contribution is 2.17. The van der Waals surface area contributed by atoms with Crippen LogP contribution in [0.1, 0.15) is 19.8 Å². The molecule has 138 valence electrons. The summed E-state index contributed by atoms with van der Waals surface area (Å²) in [4.78, 5) is 19.7. The van der Waals surface area contributed by atoms with Crippen molar-refractivity contribution in [3.8, 4) is 0 Å². The molecule has 3 fully saturated rings. The molecule has 3 saturated heterocycles. The molecule has 1 atom stereocenters. The van der Waals surface area contributed by atoms with Gasteiger partial charge in [0.15, 0.2) is 0 Å². The number of carbonyl (C=O) groups excluding carboxylic acids is 1. The smallest absolute Gasteiger partial charge is 0.240 e. The molecule has 0 radical (unpaired) electrons. The summed E-state index contributed by atoms with van der Waals surface area (Å²) in [5.74, 6) is 0.226. The van der Waals surface area contributed by atoms with Crippen LogP contribution in [0, 0.1) is 0 Å².